The van der Waals surface area contributed by atoms with E-state index >= 15 is 0 Å². The third-order valence-corrected chi connectivity index (χ3v) is 2.76. The van der Waals surface area contributed by atoms with E-state index in [1.54, 1.807) is 0 Å². The second-order valence-corrected chi connectivity index (χ2v) is 3.96. The zero-order valence-corrected chi connectivity index (χ0v) is 8.83. The molecule has 3 unspecified atom stereocenters. The van der Waals surface area contributed by atoms with Crippen molar-refractivity contribution in [1.29, 1.82) is 0 Å². The quantitative estimate of drug-likeness (QED) is 0.505. The molecule has 1 rings (SSSR count). The van der Waals surface area contributed by atoms with Crippen LogP contribution in [0.1, 0.15) is 20.3 Å². The summed E-state index contributed by atoms with van der Waals surface area (Å²) in [4.78, 5) is 0. The minimum Gasteiger partial charge on any atom is -0.239 e. The van der Waals surface area contributed by atoms with Crippen LogP contribution in [0.5, 0.6) is 0 Å². The summed E-state index contributed by atoms with van der Waals surface area (Å²) in [6, 6.07) is 0. The Labute approximate surface area is 91.6 Å². The zero-order valence-electron chi connectivity index (χ0n) is 8.83. The van der Waals surface area contributed by atoms with E-state index in [2.05, 4.69) is 0 Å². The maximum atomic E-state index is 13.4. The largest absolute Gasteiger partial charge is 0.239 e. The van der Waals surface area contributed by atoms with Gasteiger partial charge in [-0.2, -0.15) is 0 Å². The molecule has 1 aliphatic rings. The second-order valence-electron chi connectivity index (χ2n) is 3.96. The normalized spacial score (nSPS) is 30.7. The molecule has 16 heavy (non-hydrogen) atoms. The van der Waals surface area contributed by atoms with Crippen LogP contribution in [0.15, 0.2) is 23.1 Å². The molecular formula is C10H10BF5. The first kappa shape index (κ1) is 13.3. The lowest BCUT2D eigenvalue weighted by Gasteiger charge is -2.33. The van der Waals surface area contributed by atoms with Crippen LogP contribution in [-0.4, -0.2) is 20.2 Å². The highest BCUT2D eigenvalue weighted by atomic mass is 19.2. The molecule has 0 aromatic rings. The molecule has 0 heterocycles. The van der Waals surface area contributed by atoms with E-state index in [9.17, 15) is 22.0 Å². The van der Waals surface area contributed by atoms with E-state index in [4.69, 9.17) is 7.85 Å². The number of hydrogen-bond donors (Lipinski definition) is 0. The maximum Gasteiger partial charge on any atom is 0.193 e. The van der Waals surface area contributed by atoms with E-state index in [0.29, 0.717) is 0 Å². The lowest BCUT2D eigenvalue weighted by molar-refractivity contribution is 0.173. The number of hydrogen-bond acceptors (Lipinski definition) is 0. The second kappa shape index (κ2) is 4.22. The Balaban J connectivity index is 3.36. The van der Waals surface area contributed by atoms with Crippen LogP contribution < -0.4 is 0 Å². The monoisotopic (exact) mass is 236 g/mol. The summed E-state index contributed by atoms with van der Waals surface area (Å²) in [6.45, 7) is 2.74. The molecule has 2 radical (unpaired) electrons. The standard InChI is InChI=1S/C10H10BF5/c1-3-10(2,11)4-5(12)7(14)9(16)8(15)6(4)13/h5,7H,3H2,1-2H3. The molecule has 0 spiro atoms. The molecule has 0 aromatic carbocycles. The van der Waals surface area contributed by atoms with Crippen molar-refractivity contribution in [2.75, 3.05) is 0 Å². The van der Waals surface area contributed by atoms with Gasteiger partial charge < -0.3 is 0 Å². The summed E-state index contributed by atoms with van der Waals surface area (Å²) in [6.07, 6.45) is -5.35. The van der Waals surface area contributed by atoms with E-state index in [1.165, 1.54) is 13.8 Å². The molecule has 3 atom stereocenters. The summed E-state index contributed by atoms with van der Waals surface area (Å²) >= 11 is 0. The van der Waals surface area contributed by atoms with E-state index in [1.807, 2.05) is 0 Å². The minimum atomic E-state index is -2.83. The third kappa shape index (κ3) is 1.89. The smallest absolute Gasteiger partial charge is 0.193 e. The topological polar surface area (TPSA) is 0 Å². The zero-order chi connectivity index (χ0) is 12.7. The summed E-state index contributed by atoms with van der Waals surface area (Å²) in [5.74, 6) is -5.78. The van der Waals surface area contributed by atoms with Gasteiger partial charge in [0.05, 0.1) is 7.85 Å². The van der Waals surface area contributed by atoms with Crippen LogP contribution in [0, 0.1) is 0 Å². The fourth-order valence-corrected chi connectivity index (χ4v) is 1.50. The van der Waals surface area contributed by atoms with Crippen LogP contribution in [0.4, 0.5) is 22.0 Å². The van der Waals surface area contributed by atoms with Crippen molar-refractivity contribution in [3.8, 4) is 0 Å². The molecular weight excluding hydrogens is 226 g/mol. The fraction of sp³-hybridized carbons (Fsp3) is 0.600. The van der Waals surface area contributed by atoms with E-state index in [-0.39, 0.29) is 6.42 Å². The Morgan fingerprint density at radius 1 is 1.12 bits per heavy atom. The Bertz CT molecular complexity index is 358. The predicted octanol–water partition coefficient (Wildman–Crippen LogP) is 3.81. The van der Waals surface area contributed by atoms with Gasteiger partial charge in [-0.15, -0.1) is 0 Å². The molecule has 0 aliphatic heterocycles. The number of halogens is 5. The van der Waals surface area contributed by atoms with Crippen LogP contribution in [0.2, 0.25) is 5.31 Å². The Kier molecular flexibility index (Phi) is 3.50. The fourth-order valence-electron chi connectivity index (χ4n) is 1.50. The highest BCUT2D eigenvalue weighted by Crippen LogP contribution is 2.48. The van der Waals surface area contributed by atoms with Gasteiger partial charge in [-0.3, -0.25) is 0 Å². The average Bonchev–Trinajstić information content (AvgIpc) is 2.23. The van der Waals surface area contributed by atoms with Crippen LogP contribution in [0.25, 0.3) is 0 Å². The highest BCUT2D eigenvalue weighted by Gasteiger charge is 2.44. The van der Waals surface area contributed by atoms with E-state index in [0.717, 1.165) is 0 Å². The molecule has 88 valence electrons. The average molecular weight is 236 g/mol. The summed E-state index contributed by atoms with van der Waals surface area (Å²) < 4.78 is 65.4. The summed E-state index contributed by atoms with van der Waals surface area (Å²) in [5, 5.41) is -1.55. The van der Waals surface area contributed by atoms with Gasteiger partial charge in [0.25, 0.3) is 0 Å². The van der Waals surface area contributed by atoms with Crippen molar-refractivity contribution < 1.29 is 22.0 Å². The predicted molar refractivity (Wildman–Crippen MR) is 51.6 cm³/mol. The van der Waals surface area contributed by atoms with Gasteiger partial charge in [-0.05, 0) is 5.31 Å². The number of rotatable bonds is 2. The molecule has 1 aliphatic carbocycles. The first-order valence-corrected chi connectivity index (χ1v) is 4.76. The van der Waals surface area contributed by atoms with E-state index < -0.39 is 40.7 Å². The molecule has 0 nitrogen and oxygen atoms in total. The maximum absolute atomic E-state index is 13.4. The van der Waals surface area contributed by atoms with Gasteiger partial charge in [0, 0.05) is 5.57 Å². The Morgan fingerprint density at radius 2 is 1.62 bits per heavy atom. The highest BCUT2D eigenvalue weighted by molar-refractivity contribution is 6.17. The number of alkyl halides is 2. The molecule has 6 heteroatoms. The SMILES string of the molecule is [B]C(C)(CC)C1=C(F)C(F)=C(F)C(F)C1F. The molecule has 0 N–H and O–H groups in total. The molecule has 0 amide bonds. The van der Waals surface area contributed by atoms with Crippen molar-refractivity contribution in [3.05, 3.63) is 23.1 Å². The first-order valence-electron chi connectivity index (χ1n) is 4.76. The van der Waals surface area contributed by atoms with Crippen LogP contribution in [-0.2, 0) is 0 Å². The van der Waals surface area contributed by atoms with Crippen molar-refractivity contribution in [3.63, 3.8) is 0 Å². The van der Waals surface area contributed by atoms with Crippen molar-refractivity contribution in [1.82, 2.24) is 0 Å². The molecule has 0 fully saturated rings. The van der Waals surface area contributed by atoms with Crippen molar-refractivity contribution in [2.45, 2.75) is 37.9 Å². The lowest BCUT2D eigenvalue weighted by Crippen LogP contribution is -2.32. The molecule has 0 aromatic heterocycles. The van der Waals surface area contributed by atoms with Crippen molar-refractivity contribution >= 4 is 7.85 Å². The van der Waals surface area contributed by atoms with Crippen LogP contribution in [0.3, 0.4) is 0 Å². The van der Waals surface area contributed by atoms with Crippen LogP contribution >= 0.6 is 0 Å². The third-order valence-electron chi connectivity index (χ3n) is 2.76. The van der Waals surface area contributed by atoms with Gasteiger partial charge in [0.2, 0.25) is 0 Å². The minimum absolute atomic E-state index is 0.0673. The molecule has 0 bridgehead atoms. The van der Waals surface area contributed by atoms with Gasteiger partial charge in [-0.25, -0.2) is 22.0 Å². The Morgan fingerprint density at radius 3 is 2.06 bits per heavy atom. The molecule has 0 saturated heterocycles. The van der Waals surface area contributed by atoms with Gasteiger partial charge in [-0.1, -0.05) is 20.3 Å². The molecule has 0 saturated carbocycles. The summed E-state index contributed by atoms with van der Waals surface area (Å²) in [7, 11) is 5.53. The van der Waals surface area contributed by atoms with Crippen molar-refractivity contribution in [2.24, 2.45) is 0 Å². The first-order chi connectivity index (χ1) is 7.24. The van der Waals surface area contributed by atoms with Gasteiger partial charge in [0.1, 0.15) is 0 Å². The number of allylic oxidation sites excluding steroid dienone is 4. The van der Waals surface area contributed by atoms with Gasteiger partial charge >= 0.3 is 0 Å². The Hall–Kier alpha value is -0.805. The lowest BCUT2D eigenvalue weighted by atomic mass is 9.61. The van der Waals surface area contributed by atoms with Gasteiger partial charge in [0.15, 0.2) is 29.8 Å². The summed E-state index contributed by atoms with van der Waals surface area (Å²) in [5.41, 5.74) is -0.860.